The van der Waals surface area contributed by atoms with Crippen LogP contribution < -0.4 is 21.3 Å². The van der Waals surface area contributed by atoms with Crippen LogP contribution in [0.25, 0.3) is 66.1 Å². The van der Waals surface area contributed by atoms with Crippen molar-refractivity contribution in [2.24, 2.45) is 0 Å². The van der Waals surface area contributed by atoms with Crippen LogP contribution in [0.15, 0.2) is 154 Å². The zero-order valence-corrected chi connectivity index (χ0v) is 24.7. The average Bonchev–Trinajstić information content (AvgIpc) is 3.78. The van der Waals surface area contributed by atoms with Gasteiger partial charge in [-0.3, -0.25) is 0 Å². The Morgan fingerprint density at radius 3 is 1.91 bits per heavy atom. The van der Waals surface area contributed by atoms with E-state index in [1.165, 1.54) is 50.0 Å². The van der Waals surface area contributed by atoms with Crippen LogP contribution in [0.2, 0.25) is 0 Å². The van der Waals surface area contributed by atoms with Crippen LogP contribution in [0.1, 0.15) is 0 Å². The summed E-state index contributed by atoms with van der Waals surface area (Å²) in [5, 5.41) is 4.50. The standard InChI is InChI=1S/C42H24BNO2/c1-2-10-25(11-3-1)26-20-33-28-12-4-7-15-34(28)43-35-24-41-32(30-14-6-9-17-39(30)46-41)23-36(35)44(37(21-26)42(33)43)27-18-19-40-31(22-27)29-13-5-8-16-38(29)45-40/h1-24H. The molecule has 0 bridgehead atoms. The van der Waals surface area contributed by atoms with Gasteiger partial charge in [-0.15, -0.1) is 0 Å². The number of furan rings is 2. The molecule has 4 heterocycles. The molecule has 0 radical (unpaired) electrons. The van der Waals surface area contributed by atoms with Crippen LogP contribution >= 0.6 is 0 Å². The minimum atomic E-state index is 0.105. The number of benzene rings is 7. The highest BCUT2D eigenvalue weighted by Crippen LogP contribution is 2.45. The van der Waals surface area contributed by atoms with Crippen LogP contribution in [-0.4, -0.2) is 6.71 Å². The van der Waals surface area contributed by atoms with E-state index >= 15 is 0 Å². The van der Waals surface area contributed by atoms with Crippen molar-refractivity contribution in [3.8, 4) is 22.3 Å². The smallest absolute Gasteiger partial charge is 0.248 e. The van der Waals surface area contributed by atoms with Gasteiger partial charge in [0, 0.05) is 38.6 Å². The molecule has 9 aromatic rings. The van der Waals surface area contributed by atoms with E-state index in [1.807, 2.05) is 18.2 Å². The lowest BCUT2D eigenvalue weighted by atomic mass is 9.37. The van der Waals surface area contributed by atoms with Crippen molar-refractivity contribution in [3.05, 3.63) is 146 Å². The fraction of sp³-hybridized carbons (Fsp3) is 0. The van der Waals surface area contributed by atoms with Crippen LogP contribution in [0.5, 0.6) is 0 Å². The molecule has 3 nitrogen and oxygen atoms in total. The van der Waals surface area contributed by atoms with E-state index in [2.05, 4.69) is 132 Å². The van der Waals surface area contributed by atoms with Gasteiger partial charge in [0.1, 0.15) is 22.3 Å². The van der Waals surface area contributed by atoms with E-state index in [1.54, 1.807) is 0 Å². The van der Waals surface area contributed by atoms with Crippen molar-refractivity contribution in [1.29, 1.82) is 0 Å². The predicted molar refractivity (Wildman–Crippen MR) is 191 cm³/mol. The van der Waals surface area contributed by atoms with Gasteiger partial charge >= 0.3 is 0 Å². The molecule has 0 unspecified atom stereocenters. The quantitative estimate of drug-likeness (QED) is 0.189. The number of rotatable bonds is 2. The maximum Gasteiger partial charge on any atom is 0.248 e. The summed E-state index contributed by atoms with van der Waals surface area (Å²) in [4.78, 5) is 2.48. The molecule has 0 fully saturated rings. The van der Waals surface area contributed by atoms with E-state index in [-0.39, 0.29) is 6.71 Å². The van der Waals surface area contributed by atoms with Gasteiger partial charge in [-0.2, -0.15) is 0 Å². The molecule has 0 atom stereocenters. The molecule has 2 aromatic heterocycles. The molecule has 2 aliphatic rings. The van der Waals surface area contributed by atoms with E-state index in [0.29, 0.717) is 0 Å². The third kappa shape index (κ3) is 3.18. The first-order chi connectivity index (χ1) is 22.8. The molecule has 0 spiro atoms. The summed E-state index contributed by atoms with van der Waals surface area (Å²) < 4.78 is 12.8. The fourth-order valence-electron chi connectivity index (χ4n) is 8.08. The maximum atomic E-state index is 6.49. The minimum Gasteiger partial charge on any atom is -0.456 e. The Bertz CT molecular complexity index is 2720. The second kappa shape index (κ2) is 8.80. The minimum absolute atomic E-state index is 0.105. The first kappa shape index (κ1) is 24.3. The molecule has 212 valence electrons. The van der Waals surface area contributed by atoms with Crippen molar-refractivity contribution >= 4 is 84.0 Å². The maximum absolute atomic E-state index is 6.49. The van der Waals surface area contributed by atoms with E-state index in [0.717, 1.165) is 49.6 Å². The van der Waals surface area contributed by atoms with Gasteiger partial charge in [-0.25, -0.2) is 0 Å². The monoisotopic (exact) mass is 585 g/mol. The number of hydrogen-bond acceptors (Lipinski definition) is 3. The number of fused-ring (bicyclic) bond motifs is 11. The fourth-order valence-corrected chi connectivity index (χ4v) is 8.08. The lowest BCUT2D eigenvalue weighted by molar-refractivity contribution is 0.669. The van der Waals surface area contributed by atoms with Crippen LogP contribution in [-0.2, 0) is 0 Å². The lowest BCUT2D eigenvalue weighted by Gasteiger charge is -2.36. The Morgan fingerprint density at radius 1 is 0.413 bits per heavy atom. The van der Waals surface area contributed by atoms with E-state index in [4.69, 9.17) is 8.83 Å². The molecule has 0 N–H and O–H groups in total. The molecule has 0 saturated heterocycles. The van der Waals surface area contributed by atoms with Gasteiger partial charge in [0.15, 0.2) is 0 Å². The van der Waals surface area contributed by atoms with Crippen molar-refractivity contribution in [2.75, 3.05) is 4.90 Å². The van der Waals surface area contributed by atoms with Crippen LogP contribution in [0.4, 0.5) is 17.1 Å². The second-order valence-corrected chi connectivity index (χ2v) is 12.5. The Labute approximate surface area is 265 Å². The highest BCUT2D eigenvalue weighted by Gasteiger charge is 2.43. The Hall–Kier alpha value is -6.00. The van der Waals surface area contributed by atoms with E-state index in [9.17, 15) is 0 Å². The number of para-hydroxylation sites is 2. The highest BCUT2D eigenvalue weighted by molar-refractivity contribution is 7.01. The summed E-state index contributed by atoms with van der Waals surface area (Å²) in [5.74, 6) is 0. The van der Waals surface area contributed by atoms with Crippen molar-refractivity contribution < 1.29 is 8.83 Å². The number of hydrogen-bond donors (Lipinski definition) is 0. The molecule has 0 aliphatic carbocycles. The molecule has 2 aliphatic heterocycles. The van der Waals surface area contributed by atoms with Gasteiger partial charge in [-0.1, -0.05) is 96.5 Å². The molecule has 46 heavy (non-hydrogen) atoms. The average molecular weight is 585 g/mol. The Kier molecular flexibility index (Phi) is 4.66. The summed E-state index contributed by atoms with van der Waals surface area (Å²) in [5.41, 5.74) is 16.1. The molecular formula is C42H24BNO2. The van der Waals surface area contributed by atoms with Crippen LogP contribution in [0, 0.1) is 0 Å². The summed E-state index contributed by atoms with van der Waals surface area (Å²) in [6, 6.07) is 52.4. The van der Waals surface area contributed by atoms with Gasteiger partial charge in [-0.05, 0) is 87.8 Å². The molecule has 0 saturated carbocycles. The zero-order valence-electron chi connectivity index (χ0n) is 24.7. The van der Waals surface area contributed by atoms with Gasteiger partial charge in [0.25, 0.3) is 0 Å². The van der Waals surface area contributed by atoms with Crippen LogP contribution in [0.3, 0.4) is 0 Å². The molecule has 7 aromatic carbocycles. The Balaban J connectivity index is 1.28. The molecular weight excluding hydrogens is 561 g/mol. The molecule has 0 amide bonds. The summed E-state index contributed by atoms with van der Waals surface area (Å²) in [6.45, 7) is 0.105. The van der Waals surface area contributed by atoms with Crippen molar-refractivity contribution in [2.45, 2.75) is 0 Å². The SMILES string of the molecule is c1ccc(-c2cc3c4c(c2)N(c2ccc5oc6ccccc6c5c2)c2cc5c(cc2B4c2ccccc2-3)oc2ccccc25)cc1. The normalized spacial score (nSPS) is 13.1. The third-order valence-electron chi connectivity index (χ3n) is 10.1. The number of anilines is 3. The van der Waals surface area contributed by atoms with Gasteiger partial charge in [0.05, 0.1) is 0 Å². The topological polar surface area (TPSA) is 29.5 Å². The lowest BCUT2D eigenvalue weighted by Crippen LogP contribution is -2.54. The Morgan fingerprint density at radius 2 is 1.09 bits per heavy atom. The highest BCUT2D eigenvalue weighted by atomic mass is 16.3. The zero-order chi connectivity index (χ0) is 29.9. The van der Waals surface area contributed by atoms with E-state index < -0.39 is 0 Å². The summed E-state index contributed by atoms with van der Waals surface area (Å²) in [7, 11) is 0. The summed E-state index contributed by atoms with van der Waals surface area (Å²) in [6.07, 6.45) is 0. The summed E-state index contributed by atoms with van der Waals surface area (Å²) >= 11 is 0. The van der Waals surface area contributed by atoms with Gasteiger partial charge < -0.3 is 13.7 Å². The first-order valence-electron chi connectivity index (χ1n) is 15.8. The van der Waals surface area contributed by atoms with Gasteiger partial charge in [0.2, 0.25) is 6.71 Å². The van der Waals surface area contributed by atoms with Crippen molar-refractivity contribution in [3.63, 3.8) is 0 Å². The third-order valence-corrected chi connectivity index (χ3v) is 10.1. The second-order valence-electron chi connectivity index (χ2n) is 12.5. The first-order valence-corrected chi connectivity index (χ1v) is 15.8. The predicted octanol–water partition coefficient (Wildman–Crippen LogP) is 9.43. The number of nitrogens with zero attached hydrogens (tertiary/aromatic N) is 1. The molecule has 4 heteroatoms. The largest absolute Gasteiger partial charge is 0.456 e. The molecule has 11 rings (SSSR count). The van der Waals surface area contributed by atoms with Crippen molar-refractivity contribution in [1.82, 2.24) is 0 Å².